The molecule has 1 nitrogen and oxygen atoms in total. The van der Waals surface area contributed by atoms with Crippen LogP contribution in [0.15, 0.2) is 12.1 Å². The van der Waals surface area contributed by atoms with Crippen LogP contribution in [0.5, 0.6) is 0 Å². The van der Waals surface area contributed by atoms with Gasteiger partial charge in [0.2, 0.25) is 0 Å². The first-order valence-corrected chi connectivity index (χ1v) is 7.36. The molecule has 1 N–H and O–H groups in total. The third kappa shape index (κ3) is 3.76. The van der Waals surface area contributed by atoms with Gasteiger partial charge in [0, 0.05) is 11.3 Å². The molecule has 1 heterocycles. The third-order valence-corrected chi connectivity index (χ3v) is 4.70. The van der Waals surface area contributed by atoms with E-state index < -0.39 is 0 Å². The predicted octanol–water partition coefficient (Wildman–Crippen LogP) is 4.28. The SMILES string of the molecule is OC(CCC1CCCC1)Cc1ccc(Cl)s1. The van der Waals surface area contributed by atoms with Crippen molar-refractivity contribution in [1.82, 2.24) is 0 Å². The zero-order chi connectivity index (χ0) is 11.4. The molecule has 1 saturated carbocycles. The smallest absolute Gasteiger partial charge is 0.0931 e. The van der Waals surface area contributed by atoms with Crippen LogP contribution in [-0.2, 0) is 6.42 Å². The molecule has 1 aliphatic carbocycles. The number of thiophene rings is 1. The summed E-state index contributed by atoms with van der Waals surface area (Å²) in [6.07, 6.45) is 8.25. The molecule has 0 spiro atoms. The van der Waals surface area contributed by atoms with Crippen LogP contribution in [0, 0.1) is 5.92 Å². The predicted molar refractivity (Wildman–Crippen MR) is 70.2 cm³/mol. The van der Waals surface area contributed by atoms with Crippen molar-refractivity contribution in [2.75, 3.05) is 0 Å². The Morgan fingerprint density at radius 1 is 1.38 bits per heavy atom. The molecule has 3 heteroatoms. The maximum Gasteiger partial charge on any atom is 0.0931 e. The van der Waals surface area contributed by atoms with E-state index in [4.69, 9.17) is 11.6 Å². The zero-order valence-corrected chi connectivity index (χ0v) is 11.1. The van der Waals surface area contributed by atoms with Gasteiger partial charge in [-0.2, -0.15) is 0 Å². The molecule has 1 aliphatic rings. The highest BCUT2D eigenvalue weighted by molar-refractivity contribution is 7.16. The van der Waals surface area contributed by atoms with Gasteiger partial charge in [-0.15, -0.1) is 11.3 Å². The van der Waals surface area contributed by atoms with Crippen LogP contribution in [0.25, 0.3) is 0 Å². The number of hydrogen-bond acceptors (Lipinski definition) is 2. The van der Waals surface area contributed by atoms with Crippen molar-refractivity contribution in [2.24, 2.45) is 5.92 Å². The van der Waals surface area contributed by atoms with Crippen molar-refractivity contribution >= 4 is 22.9 Å². The molecule has 0 aliphatic heterocycles. The van der Waals surface area contributed by atoms with Gasteiger partial charge in [-0.05, 0) is 30.9 Å². The lowest BCUT2D eigenvalue weighted by atomic mass is 9.98. The maximum atomic E-state index is 9.94. The highest BCUT2D eigenvalue weighted by Gasteiger charge is 2.16. The van der Waals surface area contributed by atoms with Gasteiger partial charge >= 0.3 is 0 Å². The van der Waals surface area contributed by atoms with Crippen LogP contribution in [0.2, 0.25) is 4.34 Å². The van der Waals surface area contributed by atoms with Crippen LogP contribution < -0.4 is 0 Å². The van der Waals surface area contributed by atoms with Gasteiger partial charge < -0.3 is 5.11 Å². The molecule has 0 radical (unpaired) electrons. The number of halogens is 1. The molecule has 16 heavy (non-hydrogen) atoms. The molecule has 0 amide bonds. The number of rotatable bonds is 5. The van der Waals surface area contributed by atoms with Crippen molar-refractivity contribution in [3.63, 3.8) is 0 Å². The van der Waals surface area contributed by atoms with Gasteiger partial charge in [0.15, 0.2) is 0 Å². The summed E-state index contributed by atoms with van der Waals surface area (Å²) in [6, 6.07) is 3.93. The summed E-state index contributed by atoms with van der Waals surface area (Å²) in [7, 11) is 0. The second kappa shape index (κ2) is 6.04. The fourth-order valence-electron chi connectivity index (χ4n) is 2.52. The monoisotopic (exact) mass is 258 g/mol. The molecule has 0 bridgehead atoms. The average molecular weight is 259 g/mol. The number of aliphatic hydroxyl groups is 1. The normalized spacial score (nSPS) is 19.1. The lowest BCUT2D eigenvalue weighted by molar-refractivity contribution is 0.155. The molecule has 1 aromatic heterocycles. The van der Waals surface area contributed by atoms with Gasteiger partial charge in [0.05, 0.1) is 10.4 Å². The number of aliphatic hydroxyl groups excluding tert-OH is 1. The van der Waals surface area contributed by atoms with E-state index in [1.165, 1.54) is 37.0 Å². The molecule has 1 unspecified atom stereocenters. The molecule has 1 aromatic rings. The molecule has 0 saturated heterocycles. The van der Waals surface area contributed by atoms with Gasteiger partial charge in [-0.1, -0.05) is 37.3 Å². The fraction of sp³-hybridized carbons (Fsp3) is 0.692. The van der Waals surface area contributed by atoms with Crippen LogP contribution in [0.1, 0.15) is 43.4 Å². The van der Waals surface area contributed by atoms with E-state index in [2.05, 4.69) is 0 Å². The van der Waals surface area contributed by atoms with Gasteiger partial charge in [0.1, 0.15) is 0 Å². The highest BCUT2D eigenvalue weighted by Crippen LogP contribution is 2.30. The molecule has 2 rings (SSSR count). The van der Waals surface area contributed by atoms with Gasteiger partial charge in [-0.3, -0.25) is 0 Å². The van der Waals surface area contributed by atoms with Crippen molar-refractivity contribution in [3.8, 4) is 0 Å². The Balaban J connectivity index is 1.69. The van der Waals surface area contributed by atoms with Gasteiger partial charge in [-0.25, -0.2) is 0 Å². The van der Waals surface area contributed by atoms with E-state index in [-0.39, 0.29) is 6.10 Å². The molecule has 90 valence electrons. The Hall–Kier alpha value is -0.0500. The molecular weight excluding hydrogens is 240 g/mol. The first-order chi connectivity index (χ1) is 7.74. The second-order valence-electron chi connectivity index (χ2n) is 4.79. The summed E-state index contributed by atoms with van der Waals surface area (Å²) < 4.78 is 0.818. The topological polar surface area (TPSA) is 20.2 Å². The minimum absolute atomic E-state index is 0.185. The van der Waals surface area contributed by atoms with E-state index in [1.54, 1.807) is 11.3 Å². The fourth-order valence-corrected chi connectivity index (χ4v) is 3.68. The maximum absolute atomic E-state index is 9.94. The standard InChI is InChI=1S/C13H19ClOS/c14-13-8-7-12(16-13)9-11(15)6-5-10-3-1-2-4-10/h7-8,10-11,15H,1-6,9H2. The Morgan fingerprint density at radius 3 is 2.75 bits per heavy atom. The molecule has 0 aromatic carbocycles. The van der Waals surface area contributed by atoms with Crippen LogP contribution in [0.3, 0.4) is 0 Å². The Morgan fingerprint density at radius 2 is 2.12 bits per heavy atom. The van der Waals surface area contributed by atoms with Crippen LogP contribution in [0.4, 0.5) is 0 Å². The van der Waals surface area contributed by atoms with Crippen molar-refractivity contribution in [2.45, 2.75) is 51.0 Å². The van der Waals surface area contributed by atoms with Gasteiger partial charge in [0.25, 0.3) is 0 Å². The van der Waals surface area contributed by atoms with E-state index >= 15 is 0 Å². The highest BCUT2D eigenvalue weighted by atomic mass is 35.5. The van der Waals surface area contributed by atoms with E-state index in [9.17, 15) is 5.11 Å². The van der Waals surface area contributed by atoms with Crippen molar-refractivity contribution < 1.29 is 5.11 Å². The lowest BCUT2D eigenvalue weighted by Gasteiger charge is -2.12. The van der Waals surface area contributed by atoms with E-state index in [0.717, 1.165) is 23.1 Å². The Kier molecular flexibility index (Phi) is 4.68. The quantitative estimate of drug-likeness (QED) is 0.836. The molecule has 1 fully saturated rings. The van der Waals surface area contributed by atoms with E-state index in [1.807, 2.05) is 12.1 Å². The third-order valence-electron chi connectivity index (χ3n) is 3.45. The first kappa shape index (κ1) is 12.4. The van der Waals surface area contributed by atoms with E-state index in [0.29, 0.717) is 0 Å². The summed E-state index contributed by atoms with van der Waals surface area (Å²) >= 11 is 7.44. The largest absolute Gasteiger partial charge is 0.393 e. The first-order valence-electron chi connectivity index (χ1n) is 6.16. The lowest BCUT2D eigenvalue weighted by Crippen LogP contribution is -2.11. The summed E-state index contributed by atoms with van der Waals surface area (Å²) in [5.74, 6) is 0.876. The average Bonchev–Trinajstić information content (AvgIpc) is 2.87. The number of hydrogen-bond donors (Lipinski definition) is 1. The minimum Gasteiger partial charge on any atom is -0.393 e. The summed E-state index contributed by atoms with van der Waals surface area (Å²) in [6.45, 7) is 0. The zero-order valence-electron chi connectivity index (χ0n) is 9.49. The Bertz CT molecular complexity index is 317. The Labute approximate surface area is 106 Å². The summed E-state index contributed by atoms with van der Waals surface area (Å²) in [5.41, 5.74) is 0. The summed E-state index contributed by atoms with van der Waals surface area (Å²) in [4.78, 5) is 1.20. The summed E-state index contributed by atoms with van der Waals surface area (Å²) in [5, 5.41) is 9.94. The van der Waals surface area contributed by atoms with Crippen LogP contribution in [-0.4, -0.2) is 11.2 Å². The molecular formula is C13H19ClOS. The van der Waals surface area contributed by atoms with Crippen LogP contribution >= 0.6 is 22.9 Å². The van der Waals surface area contributed by atoms with Crippen molar-refractivity contribution in [1.29, 1.82) is 0 Å². The second-order valence-corrected chi connectivity index (χ2v) is 6.59. The molecule has 1 atom stereocenters. The van der Waals surface area contributed by atoms with Crippen molar-refractivity contribution in [3.05, 3.63) is 21.3 Å². The minimum atomic E-state index is -0.185.